The molecule has 0 saturated heterocycles. The number of carbonyl (C=O) groups is 1. The standard InChI is InChI=1S/C21H26ClNO2/c1-6-19(25-20-10-8-7-9-18(20)22)21(24)23-16(5)17-12-14(3)13(2)11-15(17)4/h7-12,16,19H,6H2,1-5H3,(H,23,24)/t16-,19-/m1/s1. The summed E-state index contributed by atoms with van der Waals surface area (Å²) in [5, 5.41) is 3.57. The monoisotopic (exact) mass is 359 g/mol. The second kappa shape index (κ2) is 8.39. The topological polar surface area (TPSA) is 38.3 Å². The van der Waals surface area contributed by atoms with Crippen molar-refractivity contribution >= 4 is 17.5 Å². The number of hydrogen-bond donors (Lipinski definition) is 1. The van der Waals surface area contributed by atoms with Crippen LogP contribution < -0.4 is 10.1 Å². The van der Waals surface area contributed by atoms with Crippen LogP contribution in [0, 0.1) is 20.8 Å². The number of rotatable bonds is 6. The van der Waals surface area contributed by atoms with Gasteiger partial charge in [0.05, 0.1) is 11.1 Å². The molecule has 1 amide bonds. The van der Waals surface area contributed by atoms with Gasteiger partial charge in [-0.15, -0.1) is 0 Å². The summed E-state index contributed by atoms with van der Waals surface area (Å²) in [5.74, 6) is 0.397. The summed E-state index contributed by atoms with van der Waals surface area (Å²) in [4.78, 5) is 12.7. The van der Waals surface area contributed by atoms with Crippen LogP contribution in [-0.2, 0) is 4.79 Å². The van der Waals surface area contributed by atoms with Gasteiger partial charge in [-0.05, 0) is 68.5 Å². The van der Waals surface area contributed by atoms with Crippen LogP contribution in [0.4, 0.5) is 0 Å². The third kappa shape index (κ3) is 4.76. The zero-order chi connectivity index (χ0) is 18.6. The van der Waals surface area contributed by atoms with E-state index in [1.807, 2.05) is 26.0 Å². The first-order valence-electron chi connectivity index (χ1n) is 8.62. The van der Waals surface area contributed by atoms with E-state index >= 15 is 0 Å². The Hall–Kier alpha value is -2.00. The van der Waals surface area contributed by atoms with E-state index in [-0.39, 0.29) is 11.9 Å². The minimum atomic E-state index is -0.575. The highest BCUT2D eigenvalue weighted by molar-refractivity contribution is 6.32. The summed E-state index contributed by atoms with van der Waals surface area (Å²) in [6.45, 7) is 10.2. The van der Waals surface area contributed by atoms with Crippen LogP contribution in [0.25, 0.3) is 0 Å². The number of hydrogen-bond acceptors (Lipinski definition) is 2. The SMILES string of the molecule is CC[C@@H](Oc1ccccc1Cl)C(=O)N[C@H](C)c1cc(C)c(C)cc1C. The van der Waals surface area contributed by atoms with Gasteiger partial charge in [0.15, 0.2) is 6.10 Å². The average molecular weight is 360 g/mol. The third-order valence-corrected chi connectivity index (χ3v) is 4.79. The summed E-state index contributed by atoms with van der Waals surface area (Å²) < 4.78 is 5.82. The lowest BCUT2D eigenvalue weighted by Gasteiger charge is -2.22. The molecule has 25 heavy (non-hydrogen) atoms. The molecule has 0 unspecified atom stereocenters. The second-order valence-electron chi connectivity index (χ2n) is 6.47. The van der Waals surface area contributed by atoms with E-state index in [0.717, 1.165) is 5.56 Å². The minimum Gasteiger partial charge on any atom is -0.479 e. The molecule has 2 aromatic carbocycles. The fraction of sp³-hybridized carbons (Fsp3) is 0.381. The molecular formula is C21H26ClNO2. The number of para-hydroxylation sites is 1. The van der Waals surface area contributed by atoms with Crippen molar-refractivity contribution in [2.75, 3.05) is 0 Å². The van der Waals surface area contributed by atoms with Gasteiger partial charge in [-0.3, -0.25) is 4.79 Å². The van der Waals surface area contributed by atoms with Crippen LogP contribution >= 0.6 is 11.6 Å². The van der Waals surface area contributed by atoms with Crippen molar-refractivity contribution < 1.29 is 9.53 Å². The summed E-state index contributed by atoms with van der Waals surface area (Å²) in [6.07, 6.45) is -0.00965. The molecule has 0 aromatic heterocycles. The molecule has 2 atom stereocenters. The Balaban J connectivity index is 2.11. The van der Waals surface area contributed by atoms with Crippen molar-refractivity contribution in [3.8, 4) is 5.75 Å². The van der Waals surface area contributed by atoms with E-state index in [4.69, 9.17) is 16.3 Å². The number of aryl methyl sites for hydroxylation is 3. The molecule has 0 aliphatic rings. The van der Waals surface area contributed by atoms with E-state index in [9.17, 15) is 4.79 Å². The average Bonchev–Trinajstić information content (AvgIpc) is 2.57. The number of amides is 1. The highest BCUT2D eigenvalue weighted by atomic mass is 35.5. The van der Waals surface area contributed by atoms with Gasteiger partial charge in [-0.25, -0.2) is 0 Å². The van der Waals surface area contributed by atoms with E-state index in [2.05, 4.69) is 38.2 Å². The molecule has 1 N–H and O–H groups in total. The molecular weight excluding hydrogens is 334 g/mol. The van der Waals surface area contributed by atoms with E-state index in [0.29, 0.717) is 17.2 Å². The number of ether oxygens (including phenoxy) is 1. The Kier molecular flexibility index (Phi) is 6.49. The Morgan fingerprint density at radius 3 is 2.40 bits per heavy atom. The maximum Gasteiger partial charge on any atom is 0.261 e. The lowest BCUT2D eigenvalue weighted by Crippen LogP contribution is -2.39. The first kappa shape index (κ1) is 19.3. The van der Waals surface area contributed by atoms with Gasteiger partial charge in [0.25, 0.3) is 5.91 Å². The highest BCUT2D eigenvalue weighted by Gasteiger charge is 2.22. The van der Waals surface area contributed by atoms with Crippen molar-refractivity contribution in [2.45, 2.75) is 53.2 Å². The van der Waals surface area contributed by atoms with Gasteiger partial charge >= 0.3 is 0 Å². The predicted octanol–water partition coefficient (Wildman–Crippen LogP) is 5.30. The van der Waals surface area contributed by atoms with Gasteiger partial charge in [-0.1, -0.05) is 42.8 Å². The lowest BCUT2D eigenvalue weighted by molar-refractivity contribution is -0.128. The number of carbonyl (C=O) groups excluding carboxylic acids is 1. The van der Waals surface area contributed by atoms with Crippen LogP contribution in [0.1, 0.15) is 48.6 Å². The molecule has 2 aromatic rings. The number of halogens is 1. The lowest BCUT2D eigenvalue weighted by atomic mass is 9.96. The van der Waals surface area contributed by atoms with Crippen LogP contribution in [0.5, 0.6) is 5.75 Å². The Bertz CT molecular complexity index is 758. The smallest absolute Gasteiger partial charge is 0.261 e. The summed E-state index contributed by atoms with van der Waals surface area (Å²) in [7, 11) is 0. The highest BCUT2D eigenvalue weighted by Crippen LogP contribution is 2.26. The number of nitrogens with one attached hydrogen (secondary N) is 1. The fourth-order valence-corrected chi connectivity index (χ4v) is 3.03. The molecule has 0 radical (unpaired) electrons. The molecule has 134 valence electrons. The minimum absolute atomic E-state index is 0.0873. The Labute approximate surface area is 155 Å². The molecule has 0 fully saturated rings. The molecule has 3 nitrogen and oxygen atoms in total. The van der Waals surface area contributed by atoms with E-state index < -0.39 is 6.10 Å². The Morgan fingerprint density at radius 1 is 1.12 bits per heavy atom. The zero-order valence-corrected chi connectivity index (χ0v) is 16.3. The van der Waals surface area contributed by atoms with Gasteiger partial charge in [0.1, 0.15) is 5.75 Å². The van der Waals surface area contributed by atoms with Crippen molar-refractivity contribution in [1.82, 2.24) is 5.32 Å². The molecule has 2 rings (SSSR count). The predicted molar refractivity (Wildman–Crippen MR) is 103 cm³/mol. The molecule has 0 aliphatic carbocycles. The van der Waals surface area contributed by atoms with Crippen molar-refractivity contribution in [3.05, 3.63) is 63.7 Å². The normalized spacial score (nSPS) is 13.2. The van der Waals surface area contributed by atoms with E-state index in [1.165, 1.54) is 16.7 Å². The molecule has 0 heterocycles. The van der Waals surface area contributed by atoms with Crippen molar-refractivity contribution in [3.63, 3.8) is 0 Å². The van der Waals surface area contributed by atoms with Gasteiger partial charge < -0.3 is 10.1 Å². The first-order chi connectivity index (χ1) is 11.8. The maximum atomic E-state index is 12.7. The van der Waals surface area contributed by atoms with Crippen LogP contribution in [0.15, 0.2) is 36.4 Å². The quantitative estimate of drug-likeness (QED) is 0.760. The van der Waals surface area contributed by atoms with Gasteiger partial charge in [0, 0.05) is 0 Å². The molecule has 4 heteroatoms. The van der Waals surface area contributed by atoms with Crippen molar-refractivity contribution in [1.29, 1.82) is 0 Å². The van der Waals surface area contributed by atoms with Crippen molar-refractivity contribution in [2.24, 2.45) is 0 Å². The molecule has 0 bridgehead atoms. The largest absolute Gasteiger partial charge is 0.479 e. The first-order valence-corrected chi connectivity index (χ1v) is 9.00. The summed E-state index contributed by atoms with van der Waals surface area (Å²) >= 11 is 6.13. The number of benzene rings is 2. The summed E-state index contributed by atoms with van der Waals surface area (Å²) in [6, 6.07) is 11.4. The molecule has 0 saturated carbocycles. The van der Waals surface area contributed by atoms with Crippen LogP contribution in [0.2, 0.25) is 5.02 Å². The van der Waals surface area contributed by atoms with Gasteiger partial charge in [-0.2, -0.15) is 0 Å². The van der Waals surface area contributed by atoms with Crippen LogP contribution in [-0.4, -0.2) is 12.0 Å². The second-order valence-corrected chi connectivity index (χ2v) is 6.88. The molecule has 0 aliphatic heterocycles. The molecule has 0 spiro atoms. The maximum absolute atomic E-state index is 12.7. The van der Waals surface area contributed by atoms with Gasteiger partial charge in [0.2, 0.25) is 0 Å². The van der Waals surface area contributed by atoms with E-state index in [1.54, 1.807) is 12.1 Å². The zero-order valence-electron chi connectivity index (χ0n) is 15.5. The summed E-state index contributed by atoms with van der Waals surface area (Å²) in [5.41, 5.74) is 4.79. The third-order valence-electron chi connectivity index (χ3n) is 4.48. The fourth-order valence-electron chi connectivity index (χ4n) is 2.85. The Morgan fingerprint density at radius 2 is 1.76 bits per heavy atom. The van der Waals surface area contributed by atoms with Crippen LogP contribution in [0.3, 0.4) is 0 Å².